The van der Waals surface area contributed by atoms with Gasteiger partial charge in [0.2, 0.25) is 0 Å². The van der Waals surface area contributed by atoms with Gasteiger partial charge in [-0.2, -0.15) is 0 Å². The standard InChI is InChI=1S/C36H41N5/c1-9-13-14-27-23(7)30-17-29-21(5)25(10-2)33(38-29)18-31-22(6)26(11-3)34(39-31)19-32-24(8)28(15-16-37-12-4)36(41-32)20-35(27)40-30/h9-12,17-21,25,37,39-40H,1-4,13-16H2,5-8H3. The molecule has 3 aromatic heterocycles. The summed E-state index contributed by atoms with van der Waals surface area (Å²) in [5, 5.41) is 3.26. The van der Waals surface area contributed by atoms with E-state index < -0.39 is 0 Å². The van der Waals surface area contributed by atoms with E-state index in [1.165, 1.54) is 22.3 Å². The molecule has 5 heteroatoms. The zero-order valence-corrected chi connectivity index (χ0v) is 24.8. The molecule has 5 rings (SSSR count). The molecule has 2 unspecified atom stereocenters. The first-order chi connectivity index (χ1) is 19.8. The van der Waals surface area contributed by atoms with Crippen LogP contribution in [0, 0.1) is 13.8 Å². The summed E-state index contributed by atoms with van der Waals surface area (Å²) in [6.45, 7) is 25.6. The predicted octanol–water partition coefficient (Wildman–Crippen LogP) is 8.82. The summed E-state index contributed by atoms with van der Waals surface area (Å²) in [6, 6.07) is 8.77. The average molecular weight is 544 g/mol. The highest BCUT2D eigenvalue weighted by Gasteiger charge is 2.27. The fourth-order valence-electron chi connectivity index (χ4n) is 6.14. The Morgan fingerprint density at radius 1 is 0.829 bits per heavy atom. The molecule has 3 aromatic rings. The average Bonchev–Trinajstić information content (AvgIpc) is 3.61. The highest BCUT2D eigenvalue weighted by atomic mass is 14.8. The van der Waals surface area contributed by atoms with Gasteiger partial charge in [-0.15, -0.1) is 13.2 Å². The van der Waals surface area contributed by atoms with Crippen molar-refractivity contribution in [1.29, 1.82) is 0 Å². The molecule has 210 valence electrons. The van der Waals surface area contributed by atoms with E-state index in [0.29, 0.717) is 0 Å². The van der Waals surface area contributed by atoms with Gasteiger partial charge in [0.1, 0.15) is 0 Å². The van der Waals surface area contributed by atoms with E-state index in [1.807, 2.05) is 18.2 Å². The number of aryl methyl sites for hydroxylation is 3. The number of nitrogens with zero attached hydrogens (tertiary/aromatic N) is 2. The van der Waals surface area contributed by atoms with Crippen LogP contribution in [0.1, 0.15) is 83.6 Å². The van der Waals surface area contributed by atoms with Gasteiger partial charge in [-0.05, 0) is 98.3 Å². The largest absolute Gasteiger partial charge is 0.391 e. The van der Waals surface area contributed by atoms with Crippen LogP contribution in [0.25, 0.3) is 39.3 Å². The Labute approximate surface area is 243 Å². The lowest BCUT2D eigenvalue weighted by atomic mass is 9.91. The van der Waals surface area contributed by atoms with E-state index in [-0.39, 0.29) is 11.8 Å². The minimum absolute atomic E-state index is 0.133. The van der Waals surface area contributed by atoms with Crippen LogP contribution in [0.15, 0.2) is 68.9 Å². The summed E-state index contributed by atoms with van der Waals surface area (Å²) >= 11 is 0. The van der Waals surface area contributed by atoms with Gasteiger partial charge in [-0.25, -0.2) is 4.98 Å². The molecule has 0 spiro atoms. The molecular weight excluding hydrogens is 502 g/mol. The third-order valence-electron chi connectivity index (χ3n) is 8.68. The van der Waals surface area contributed by atoms with Gasteiger partial charge < -0.3 is 15.3 Å². The van der Waals surface area contributed by atoms with Crippen LogP contribution < -0.4 is 5.32 Å². The third kappa shape index (κ3) is 5.13. The lowest BCUT2D eigenvalue weighted by Gasteiger charge is -2.10. The zero-order chi connectivity index (χ0) is 29.3. The van der Waals surface area contributed by atoms with Crippen molar-refractivity contribution in [2.45, 2.75) is 58.8 Å². The number of hydrogen-bond acceptors (Lipinski definition) is 3. The van der Waals surface area contributed by atoms with Crippen molar-refractivity contribution in [3.63, 3.8) is 0 Å². The molecule has 3 N–H and O–H groups in total. The minimum Gasteiger partial charge on any atom is -0.391 e. The van der Waals surface area contributed by atoms with Crippen molar-refractivity contribution in [2.75, 3.05) is 6.54 Å². The Balaban J connectivity index is 1.92. The topological polar surface area (TPSA) is 69.4 Å². The minimum atomic E-state index is 0.133. The second kappa shape index (κ2) is 11.6. The third-order valence-corrected chi connectivity index (χ3v) is 8.68. The summed E-state index contributed by atoms with van der Waals surface area (Å²) < 4.78 is 0. The van der Waals surface area contributed by atoms with Gasteiger partial charge in [-0.3, -0.25) is 4.98 Å². The van der Waals surface area contributed by atoms with E-state index in [2.05, 4.69) is 93.6 Å². The summed E-state index contributed by atoms with van der Waals surface area (Å²) in [5.74, 6) is 0.348. The molecule has 2 aliphatic heterocycles. The van der Waals surface area contributed by atoms with Crippen molar-refractivity contribution in [3.05, 3.63) is 114 Å². The molecular formula is C36H41N5. The molecule has 0 aliphatic carbocycles. The zero-order valence-electron chi connectivity index (χ0n) is 24.8. The number of nitrogens with one attached hydrogen (secondary N) is 3. The smallest absolute Gasteiger partial charge is 0.0693 e. The van der Waals surface area contributed by atoms with Crippen LogP contribution in [0.2, 0.25) is 0 Å². The molecule has 2 atom stereocenters. The Hall–Kier alpha value is -4.38. The second-order valence-corrected chi connectivity index (χ2v) is 11.1. The van der Waals surface area contributed by atoms with Crippen LogP contribution in [0.4, 0.5) is 0 Å². The Morgan fingerprint density at radius 2 is 1.54 bits per heavy atom. The van der Waals surface area contributed by atoms with E-state index in [9.17, 15) is 0 Å². The molecule has 41 heavy (non-hydrogen) atoms. The number of H-pyrrole nitrogens is 2. The molecule has 0 radical (unpaired) electrons. The van der Waals surface area contributed by atoms with Crippen LogP contribution in [0.5, 0.6) is 0 Å². The number of allylic oxidation sites excluding steroid dienone is 3. The van der Waals surface area contributed by atoms with Gasteiger partial charge in [0, 0.05) is 51.7 Å². The molecule has 0 saturated carbocycles. The van der Waals surface area contributed by atoms with Gasteiger partial charge in [0.15, 0.2) is 0 Å². The Bertz CT molecular complexity index is 1740. The highest BCUT2D eigenvalue weighted by molar-refractivity contribution is 5.93. The van der Waals surface area contributed by atoms with Crippen LogP contribution in [0.3, 0.4) is 0 Å². The van der Waals surface area contributed by atoms with Gasteiger partial charge in [0.25, 0.3) is 0 Å². The summed E-state index contributed by atoms with van der Waals surface area (Å²) in [6.07, 6.45) is 10.3. The maximum Gasteiger partial charge on any atom is 0.0693 e. The fourth-order valence-corrected chi connectivity index (χ4v) is 6.14. The van der Waals surface area contributed by atoms with Crippen molar-refractivity contribution in [1.82, 2.24) is 25.3 Å². The normalized spacial score (nSPS) is 16.5. The van der Waals surface area contributed by atoms with E-state index in [4.69, 9.17) is 9.97 Å². The maximum atomic E-state index is 5.20. The maximum absolute atomic E-state index is 5.20. The molecule has 0 amide bonds. The van der Waals surface area contributed by atoms with Crippen molar-refractivity contribution in [3.8, 4) is 0 Å². The lowest BCUT2D eigenvalue weighted by molar-refractivity contribution is 0.712. The van der Waals surface area contributed by atoms with E-state index in [0.717, 1.165) is 81.8 Å². The molecule has 2 aliphatic rings. The molecule has 8 bridgehead atoms. The SMILES string of the molecule is C=CCCc1c(C)c2cc3nc(cc4[nH]c(cc5nc(cc1[nH]2)C(CCNC=C)=C5C)c(C=C)c4C)C(C=C)C3C. The van der Waals surface area contributed by atoms with Crippen molar-refractivity contribution < 1.29 is 0 Å². The van der Waals surface area contributed by atoms with Crippen molar-refractivity contribution in [2.24, 2.45) is 0 Å². The van der Waals surface area contributed by atoms with Crippen molar-refractivity contribution >= 4 is 39.3 Å². The number of aromatic nitrogens is 4. The summed E-state index contributed by atoms with van der Waals surface area (Å²) in [4.78, 5) is 17.7. The highest BCUT2D eigenvalue weighted by Crippen LogP contribution is 2.39. The number of fused-ring (bicyclic) bond motifs is 8. The molecule has 5 nitrogen and oxygen atoms in total. The molecule has 0 saturated heterocycles. The monoisotopic (exact) mass is 543 g/mol. The number of hydrogen-bond donors (Lipinski definition) is 3. The Morgan fingerprint density at radius 3 is 2.24 bits per heavy atom. The van der Waals surface area contributed by atoms with E-state index in [1.54, 1.807) is 6.20 Å². The first kappa shape index (κ1) is 28.2. The van der Waals surface area contributed by atoms with Gasteiger partial charge >= 0.3 is 0 Å². The quantitative estimate of drug-likeness (QED) is 0.187. The molecule has 5 heterocycles. The van der Waals surface area contributed by atoms with Gasteiger partial charge in [0.05, 0.1) is 17.1 Å². The number of aromatic amines is 2. The fraction of sp³-hybridized carbons (Fsp3) is 0.278. The summed E-state index contributed by atoms with van der Waals surface area (Å²) in [5.41, 5.74) is 15.4. The molecule has 0 fully saturated rings. The van der Waals surface area contributed by atoms with Crippen LogP contribution in [-0.4, -0.2) is 26.5 Å². The summed E-state index contributed by atoms with van der Waals surface area (Å²) in [7, 11) is 0. The molecule has 0 aromatic carbocycles. The first-order valence-electron chi connectivity index (χ1n) is 14.5. The predicted molar refractivity (Wildman–Crippen MR) is 176 cm³/mol. The van der Waals surface area contributed by atoms with Crippen LogP contribution in [-0.2, 0) is 6.42 Å². The second-order valence-electron chi connectivity index (χ2n) is 11.1. The first-order valence-corrected chi connectivity index (χ1v) is 14.5. The Kier molecular flexibility index (Phi) is 7.98. The van der Waals surface area contributed by atoms with Crippen LogP contribution >= 0.6 is 0 Å². The lowest BCUT2D eigenvalue weighted by Crippen LogP contribution is -2.06. The number of rotatable bonds is 9. The van der Waals surface area contributed by atoms with Gasteiger partial charge in [-0.1, -0.05) is 38.3 Å². The van der Waals surface area contributed by atoms with E-state index >= 15 is 0 Å².